The van der Waals surface area contributed by atoms with E-state index in [1.54, 1.807) is 6.07 Å². The first kappa shape index (κ1) is 28.2. The minimum Gasteiger partial charge on any atom is -0.428 e. The molecule has 0 spiro atoms. The highest BCUT2D eigenvalue weighted by atomic mass is 16.7. The van der Waals surface area contributed by atoms with E-state index in [0.29, 0.717) is 5.75 Å². The van der Waals surface area contributed by atoms with Crippen LogP contribution in [-0.4, -0.2) is 27.9 Å². The van der Waals surface area contributed by atoms with Gasteiger partial charge in [0.25, 0.3) is 0 Å². The summed E-state index contributed by atoms with van der Waals surface area (Å²) in [6.07, 6.45) is 4.81. The third kappa shape index (κ3) is 7.62. The maximum atomic E-state index is 12.3. The van der Waals surface area contributed by atoms with Gasteiger partial charge in [-0.15, -0.1) is 0 Å². The number of carbonyl (C=O) groups excluding carboxylic acids is 1. The minimum absolute atomic E-state index is 0.477. The van der Waals surface area contributed by atoms with Gasteiger partial charge in [0.2, 0.25) is 0 Å². The summed E-state index contributed by atoms with van der Waals surface area (Å²) in [4.78, 5) is 17.3. The molecule has 6 nitrogen and oxygen atoms in total. The lowest BCUT2D eigenvalue weighted by molar-refractivity contribution is 0.0207. The fourth-order valence-corrected chi connectivity index (χ4v) is 4.52. The highest BCUT2D eigenvalue weighted by Crippen LogP contribution is 2.31. The first-order valence-corrected chi connectivity index (χ1v) is 14.1. The summed E-state index contributed by atoms with van der Waals surface area (Å²) in [5.41, 5.74) is 5.71. The van der Waals surface area contributed by atoms with Crippen LogP contribution in [0.4, 0.5) is 10.5 Å². The Kier molecular flexibility index (Phi) is 9.28. The largest absolute Gasteiger partial charge is 0.514 e. The molecule has 4 rings (SSSR count). The summed E-state index contributed by atoms with van der Waals surface area (Å²) in [5, 5.41) is 3.55. The lowest BCUT2D eigenvalue weighted by Crippen LogP contribution is -2.26. The Labute approximate surface area is 232 Å². The predicted octanol–water partition coefficient (Wildman–Crippen LogP) is 8.62. The molecule has 0 saturated carbocycles. The SMILES string of the molecule is CCCCNc1ccc2nc(CCCC)n(Cc3ccc(-c4ccccc4OC(=O)OC(C)(C)C)cc3)c2c1. The lowest BCUT2D eigenvalue weighted by Gasteiger charge is -2.19. The Balaban J connectivity index is 1.58. The molecule has 0 amide bonds. The second kappa shape index (κ2) is 12.8. The van der Waals surface area contributed by atoms with Gasteiger partial charge in [-0.25, -0.2) is 9.78 Å². The van der Waals surface area contributed by atoms with Gasteiger partial charge in [-0.05, 0) is 69.0 Å². The molecule has 1 heterocycles. The maximum absolute atomic E-state index is 12.3. The van der Waals surface area contributed by atoms with Gasteiger partial charge in [-0.1, -0.05) is 69.2 Å². The number of hydrogen-bond donors (Lipinski definition) is 1. The monoisotopic (exact) mass is 527 g/mol. The van der Waals surface area contributed by atoms with Crippen LogP contribution in [-0.2, 0) is 17.7 Å². The molecule has 0 aliphatic heterocycles. The number of rotatable bonds is 11. The van der Waals surface area contributed by atoms with Crippen LogP contribution >= 0.6 is 0 Å². The molecular formula is C33H41N3O3. The number of anilines is 1. The maximum Gasteiger partial charge on any atom is 0.514 e. The van der Waals surface area contributed by atoms with Crippen molar-refractivity contribution in [2.24, 2.45) is 0 Å². The van der Waals surface area contributed by atoms with Crippen molar-refractivity contribution in [1.82, 2.24) is 9.55 Å². The Morgan fingerprint density at radius 2 is 1.69 bits per heavy atom. The number of carbonyl (C=O) groups is 1. The van der Waals surface area contributed by atoms with Crippen molar-refractivity contribution >= 4 is 22.9 Å². The summed E-state index contributed by atoms with van der Waals surface area (Å²) in [7, 11) is 0. The summed E-state index contributed by atoms with van der Waals surface area (Å²) in [6, 6.07) is 22.4. The van der Waals surface area contributed by atoms with Crippen LogP contribution < -0.4 is 10.1 Å². The second-order valence-corrected chi connectivity index (χ2v) is 11.0. The Morgan fingerprint density at radius 1 is 0.949 bits per heavy atom. The number of nitrogens with zero attached hydrogens (tertiary/aromatic N) is 2. The number of benzene rings is 3. The van der Waals surface area contributed by atoms with Crippen LogP contribution in [0, 0.1) is 0 Å². The number of unbranched alkanes of at least 4 members (excludes halogenated alkanes) is 2. The van der Waals surface area contributed by atoms with E-state index in [1.807, 2.05) is 39.0 Å². The molecule has 0 unspecified atom stereocenters. The molecule has 0 atom stereocenters. The van der Waals surface area contributed by atoms with E-state index in [1.165, 1.54) is 12.0 Å². The van der Waals surface area contributed by atoms with E-state index in [0.717, 1.165) is 72.4 Å². The number of aromatic nitrogens is 2. The number of para-hydroxylation sites is 1. The van der Waals surface area contributed by atoms with E-state index in [-0.39, 0.29) is 0 Å². The molecule has 0 aliphatic carbocycles. The van der Waals surface area contributed by atoms with E-state index >= 15 is 0 Å². The van der Waals surface area contributed by atoms with Gasteiger partial charge in [0.05, 0.1) is 11.0 Å². The number of nitrogens with one attached hydrogen (secondary N) is 1. The lowest BCUT2D eigenvalue weighted by atomic mass is 10.0. The first-order valence-electron chi connectivity index (χ1n) is 14.1. The van der Waals surface area contributed by atoms with Crippen molar-refractivity contribution in [3.05, 3.63) is 78.1 Å². The zero-order valence-electron chi connectivity index (χ0n) is 23.9. The van der Waals surface area contributed by atoms with Crippen LogP contribution in [0.25, 0.3) is 22.2 Å². The molecule has 0 aliphatic rings. The van der Waals surface area contributed by atoms with Crippen LogP contribution in [0.2, 0.25) is 0 Å². The number of hydrogen-bond acceptors (Lipinski definition) is 5. The molecule has 1 aromatic heterocycles. The molecule has 1 N–H and O–H groups in total. The molecule has 39 heavy (non-hydrogen) atoms. The average Bonchev–Trinajstić information content (AvgIpc) is 3.23. The topological polar surface area (TPSA) is 65.4 Å². The van der Waals surface area contributed by atoms with E-state index in [4.69, 9.17) is 14.5 Å². The second-order valence-electron chi connectivity index (χ2n) is 11.0. The van der Waals surface area contributed by atoms with Gasteiger partial charge in [-0.3, -0.25) is 0 Å². The fourth-order valence-electron chi connectivity index (χ4n) is 4.52. The van der Waals surface area contributed by atoms with Crippen molar-refractivity contribution in [1.29, 1.82) is 0 Å². The molecule has 0 fully saturated rings. The van der Waals surface area contributed by atoms with Gasteiger partial charge in [-0.2, -0.15) is 0 Å². The van der Waals surface area contributed by atoms with Gasteiger partial charge in [0, 0.05) is 30.8 Å². The van der Waals surface area contributed by atoms with Crippen LogP contribution in [0.15, 0.2) is 66.7 Å². The summed E-state index contributed by atoms with van der Waals surface area (Å²) in [6.45, 7) is 11.6. The van der Waals surface area contributed by atoms with Crippen molar-refractivity contribution in [2.45, 2.75) is 78.9 Å². The van der Waals surface area contributed by atoms with E-state index in [9.17, 15) is 4.79 Å². The summed E-state index contributed by atoms with van der Waals surface area (Å²) >= 11 is 0. The van der Waals surface area contributed by atoms with Crippen molar-refractivity contribution in [3.63, 3.8) is 0 Å². The highest BCUT2D eigenvalue weighted by molar-refractivity contribution is 5.80. The van der Waals surface area contributed by atoms with Gasteiger partial charge < -0.3 is 19.4 Å². The quantitative estimate of drug-likeness (QED) is 0.120. The predicted molar refractivity (Wildman–Crippen MR) is 160 cm³/mol. The zero-order valence-corrected chi connectivity index (χ0v) is 23.9. The number of aryl methyl sites for hydroxylation is 1. The Morgan fingerprint density at radius 3 is 2.41 bits per heavy atom. The molecule has 6 heteroatoms. The normalized spacial score (nSPS) is 11.5. The molecule has 206 valence electrons. The standard InChI is InChI=1S/C33H41N3O3/c1-6-8-14-31-35-28-20-19-26(34-21-9-7-2)22-29(28)36(31)23-24-15-17-25(18-16-24)27-12-10-11-13-30(27)38-32(37)39-33(3,4)5/h10-13,15-20,22,34H,6-9,14,21,23H2,1-5H3. The summed E-state index contributed by atoms with van der Waals surface area (Å²) in [5.74, 6) is 1.60. The first-order chi connectivity index (χ1) is 18.8. The van der Waals surface area contributed by atoms with Gasteiger partial charge >= 0.3 is 6.16 Å². The van der Waals surface area contributed by atoms with Crippen molar-refractivity contribution < 1.29 is 14.3 Å². The Bertz CT molecular complexity index is 1380. The average molecular weight is 528 g/mol. The molecule has 3 aromatic carbocycles. The van der Waals surface area contributed by atoms with Crippen molar-refractivity contribution in [3.8, 4) is 16.9 Å². The molecule has 0 radical (unpaired) electrons. The van der Waals surface area contributed by atoms with Crippen LogP contribution in [0.5, 0.6) is 5.75 Å². The summed E-state index contributed by atoms with van der Waals surface area (Å²) < 4.78 is 13.3. The number of fused-ring (bicyclic) bond motifs is 1. The van der Waals surface area contributed by atoms with Gasteiger partial charge in [0.15, 0.2) is 0 Å². The van der Waals surface area contributed by atoms with Crippen molar-refractivity contribution in [2.75, 3.05) is 11.9 Å². The van der Waals surface area contributed by atoms with Crippen LogP contribution in [0.1, 0.15) is 71.7 Å². The fraction of sp³-hybridized carbons (Fsp3) is 0.394. The molecule has 4 aromatic rings. The third-order valence-electron chi connectivity index (χ3n) is 6.52. The molecular weight excluding hydrogens is 486 g/mol. The minimum atomic E-state index is -0.707. The van der Waals surface area contributed by atoms with Gasteiger partial charge in [0.1, 0.15) is 17.2 Å². The van der Waals surface area contributed by atoms with E-state index in [2.05, 4.69) is 66.2 Å². The third-order valence-corrected chi connectivity index (χ3v) is 6.52. The highest BCUT2D eigenvalue weighted by Gasteiger charge is 2.19. The molecule has 0 bridgehead atoms. The Hall–Kier alpha value is -3.80. The smallest absolute Gasteiger partial charge is 0.428 e. The number of ether oxygens (including phenoxy) is 2. The zero-order chi connectivity index (χ0) is 27.8. The van der Waals surface area contributed by atoms with E-state index < -0.39 is 11.8 Å². The van der Waals surface area contributed by atoms with Crippen LogP contribution in [0.3, 0.4) is 0 Å². The number of imidazole rings is 1. The molecule has 0 saturated heterocycles.